The van der Waals surface area contributed by atoms with Gasteiger partial charge in [0.05, 0.1) is 24.8 Å². The Labute approximate surface area is 309 Å². The average molecular weight is 738 g/mol. The molecule has 1 aliphatic carbocycles. The van der Waals surface area contributed by atoms with E-state index >= 15 is 0 Å². The smallest absolute Gasteiger partial charge is 0.468 e. The summed E-state index contributed by atoms with van der Waals surface area (Å²) in [5.41, 5.74) is 3.08. The van der Waals surface area contributed by atoms with E-state index in [2.05, 4.69) is 51.7 Å². The van der Waals surface area contributed by atoms with Crippen LogP contribution in [0.4, 0.5) is 23.7 Å². The van der Waals surface area contributed by atoms with Crippen molar-refractivity contribution in [2.24, 2.45) is 4.99 Å². The first-order valence-corrected chi connectivity index (χ1v) is 17.8. The van der Waals surface area contributed by atoms with Crippen LogP contribution in [-0.4, -0.2) is 53.0 Å². The first kappa shape index (κ1) is 40.8. The van der Waals surface area contributed by atoms with Crippen LogP contribution in [-0.2, 0) is 26.2 Å². The van der Waals surface area contributed by atoms with Gasteiger partial charge in [-0.3, -0.25) is 4.79 Å². The molecule has 0 bridgehead atoms. The van der Waals surface area contributed by atoms with Crippen LogP contribution >= 0.6 is 0 Å². The van der Waals surface area contributed by atoms with E-state index in [9.17, 15) is 22.8 Å². The second kappa shape index (κ2) is 16.8. The molecule has 1 unspecified atom stereocenters. The number of ether oxygens (including phenoxy) is 2. The number of allylic oxidation sites excluding steroid dienone is 2. The van der Waals surface area contributed by atoms with Crippen molar-refractivity contribution in [3.63, 3.8) is 0 Å². The molecule has 1 heterocycles. The van der Waals surface area contributed by atoms with Gasteiger partial charge in [-0.1, -0.05) is 62.4 Å². The minimum absolute atomic E-state index is 0.0528. The monoisotopic (exact) mass is 737 g/mol. The Morgan fingerprint density at radius 1 is 1.09 bits per heavy atom. The van der Waals surface area contributed by atoms with Gasteiger partial charge in [0.25, 0.3) is 5.90 Å². The number of amides is 2. The summed E-state index contributed by atoms with van der Waals surface area (Å²) in [6, 6.07) is 11.1. The van der Waals surface area contributed by atoms with Gasteiger partial charge in [0.1, 0.15) is 11.6 Å². The Kier molecular flexibility index (Phi) is 13.0. The zero-order chi connectivity index (χ0) is 39.1. The number of anilines is 1. The van der Waals surface area contributed by atoms with Crippen molar-refractivity contribution in [3.8, 4) is 11.5 Å². The molecule has 1 N–H and O–H groups in total. The topological polar surface area (TPSA) is 119 Å². The van der Waals surface area contributed by atoms with Crippen molar-refractivity contribution in [1.29, 1.82) is 0 Å². The number of benzene rings is 2. The molecule has 1 aromatic heterocycles. The Morgan fingerprint density at radius 2 is 1.79 bits per heavy atom. The summed E-state index contributed by atoms with van der Waals surface area (Å²) in [6.45, 7) is 16.9. The first-order valence-electron chi connectivity index (χ1n) is 17.8. The quantitative estimate of drug-likeness (QED) is 0.118. The lowest BCUT2D eigenvalue weighted by Gasteiger charge is -2.30. The van der Waals surface area contributed by atoms with E-state index < -0.39 is 35.7 Å². The molecule has 4 rings (SSSR count). The number of carbonyl (C=O) groups is 2. The number of alkyl halides is 3. The summed E-state index contributed by atoms with van der Waals surface area (Å²) in [4.78, 5) is 32.3. The number of aryl methyl sites for hydroxylation is 1. The molecule has 53 heavy (non-hydrogen) atoms. The molecule has 2 aromatic carbocycles. The van der Waals surface area contributed by atoms with Crippen LogP contribution < -0.4 is 10.2 Å². The fraction of sp³-hybridized carbons (Fsp3) is 0.475. The fourth-order valence-electron chi connectivity index (χ4n) is 6.19. The Morgan fingerprint density at radius 3 is 2.40 bits per heavy atom. The number of nitrogens with zero attached hydrogens (tertiary/aromatic N) is 4. The summed E-state index contributed by atoms with van der Waals surface area (Å²) in [5, 5.41) is 11.7. The van der Waals surface area contributed by atoms with Crippen LogP contribution in [0, 0.1) is 6.92 Å². The molecule has 2 amide bonds. The fourth-order valence-corrected chi connectivity index (χ4v) is 6.19. The Bertz CT molecular complexity index is 1840. The van der Waals surface area contributed by atoms with E-state index in [-0.39, 0.29) is 24.1 Å². The van der Waals surface area contributed by atoms with Crippen molar-refractivity contribution < 1.29 is 36.7 Å². The Hall–Kier alpha value is -4.94. The number of aliphatic imine (C=N–C) groups is 1. The van der Waals surface area contributed by atoms with Crippen molar-refractivity contribution in [2.45, 2.75) is 117 Å². The lowest BCUT2D eigenvalue weighted by molar-refractivity contribution is -0.120. The van der Waals surface area contributed by atoms with E-state index in [0.29, 0.717) is 34.2 Å². The summed E-state index contributed by atoms with van der Waals surface area (Å²) < 4.78 is 55.9. The highest BCUT2D eigenvalue weighted by molar-refractivity contribution is 5.99. The van der Waals surface area contributed by atoms with Gasteiger partial charge in [-0.05, 0) is 102 Å². The number of alkyl carbamates (subject to hydrolysis) is 1. The number of rotatable bonds is 11. The highest BCUT2D eigenvalue weighted by Gasteiger charge is 2.38. The minimum Gasteiger partial charge on any atom is -0.478 e. The number of methoxy groups -OCH3 is 1. The molecule has 13 heteroatoms. The van der Waals surface area contributed by atoms with Crippen molar-refractivity contribution in [1.82, 2.24) is 15.5 Å². The molecule has 0 fully saturated rings. The van der Waals surface area contributed by atoms with E-state index in [4.69, 9.17) is 9.15 Å². The number of hydrogen-bond donors (Lipinski definition) is 1. The van der Waals surface area contributed by atoms with Crippen molar-refractivity contribution in [2.75, 3.05) is 12.0 Å². The second-order valence-electron chi connectivity index (χ2n) is 14.4. The van der Waals surface area contributed by atoms with E-state index in [0.717, 1.165) is 44.8 Å². The molecule has 0 radical (unpaired) electrons. The lowest BCUT2D eigenvalue weighted by Crippen LogP contribution is -2.49. The number of carbonyl (C=O) groups excluding carboxylic acids is 2. The van der Waals surface area contributed by atoms with Crippen LogP contribution in [0.3, 0.4) is 0 Å². The third-order valence-corrected chi connectivity index (χ3v) is 9.33. The summed E-state index contributed by atoms with van der Waals surface area (Å²) in [7, 11) is 0.891. The van der Waals surface area contributed by atoms with Crippen LogP contribution in [0.2, 0.25) is 0 Å². The van der Waals surface area contributed by atoms with Gasteiger partial charge in [-0.15, -0.1) is 10.2 Å². The van der Waals surface area contributed by atoms with Gasteiger partial charge in [0.15, 0.2) is 0 Å². The molecule has 0 spiro atoms. The van der Waals surface area contributed by atoms with E-state index in [1.165, 1.54) is 5.57 Å². The molecule has 10 nitrogen and oxygen atoms in total. The maximum atomic E-state index is 14.4. The van der Waals surface area contributed by atoms with Crippen molar-refractivity contribution in [3.05, 3.63) is 83.3 Å². The van der Waals surface area contributed by atoms with Gasteiger partial charge in [0, 0.05) is 11.3 Å². The predicted molar refractivity (Wildman–Crippen MR) is 199 cm³/mol. The third kappa shape index (κ3) is 10.4. The molecule has 0 saturated heterocycles. The number of aromatic nitrogens is 2. The average Bonchev–Trinajstić information content (AvgIpc) is 3.52. The van der Waals surface area contributed by atoms with E-state index in [1.807, 2.05) is 25.1 Å². The zero-order valence-electron chi connectivity index (χ0n) is 31.8. The van der Waals surface area contributed by atoms with Crippen molar-refractivity contribution >= 4 is 29.3 Å². The summed E-state index contributed by atoms with van der Waals surface area (Å²) in [6.07, 6.45) is 1.68. The number of halogens is 3. The Balaban J connectivity index is 1.72. The standard InChI is InChI=1S/C40H50F3N5O5/c1-10-31(45-37(50)53-38(6,7)8)34(49)48(24-28-15-18-29(19-16-28)27(5)44-36(51-9)40(41,42)43)32-23-30(17-14-26(32)4)33-46-47-35(52-33)39(11-2)21-12-13-25(3)20-22-39/h14-20,23,31H,5,10-13,21-22,24H2,1-4,6-9H3,(H,45,50)/t31-,39?/m0/s1. The molecule has 0 saturated carbocycles. The second-order valence-corrected chi connectivity index (χ2v) is 14.4. The lowest BCUT2D eigenvalue weighted by atomic mass is 9.78. The van der Waals surface area contributed by atoms with Gasteiger partial charge in [-0.2, -0.15) is 13.2 Å². The minimum atomic E-state index is -4.78. The van der Waals surface area contributed by atoms with Gasteiger partial charge >= 0.3 is 12.3 Å². The number of nitrogens with one attached hydrogen (secondary N) is 1. The van der Waals surface area contributed by atoms with Crippen LogP contribution in [0.15, 0.2) is 70.1 Å². The van der Waals surface area contributed by atoms with Crippen LogP contribution in [0.5, 0.6) is 0 Å². The zero-order valence-corrected chi connectivity index (χ0v) is 31.8. The highest BCUT2D eigenvalue weighted by Crippen LogP contribution is 2.41. The first-order chi connectivity index (χ1) is 24.9. The van der Waals surface area contributed by atoms with Gasteiger partial charge in [0.2, 0.25) is 17.7 Å². The maximum absolute atomic E-state index is 14.4. The molecule has 3 aromatic rings. The molecule has 0 aliphatic heterocycles. The van der Waals surface area contributed by atoms with Crippen LogP contribution in [0.1, 0.15) is 103 Å². The molecular weight excluding hydrogens is 687 g/mol. The van der Waals surface area contributed by atoms with Crippen LogP contribution in [0.25, 0.3) is 17.2 Å². The largest absolute Gasteiger partial charge is 0.478 e. The predicted octanol–water partition coefficient (Wildman–Crippen LogP) is 9.63. The number of hydrogen-bond acceptors (Lipinski definition) is 8. The maximum Gasteiger partial charge on any atom is 0.468 e. The molecular formula is C40H50F3N5O5. The highest BCUT2D eigenvalue weighted by atomic mass is 19.4. The van der Waals surface area contributed by atoms with Gasteiger partial charge < -0.3 is 24.1 Å². The summed E-state index contributed by atoms with van der Waals surface area (Å²) >= 11 is 0. The molecule has 1 aliphatic rings. The third-order valence-electron chi connectivity index (χ3n) is 9.33. The van der Waals surface area contributed by atoms with E-state index in [1.54, 1.807) is 56.9 Å². The normalized spacial score (nSPS) is 17.3. The SMILES string of the molecule is C=C(N=C(OC)C(F)(F)F)c1ccc(CN(C(=O)[C@H](CC)NC(=O)OC(C)(C)C)c2cc(-c3nnc(C4(CC)CC=C(C)CCC4)o3)ccc2C)cc1. The van der Waals surface area contributed by atoms with Gasteiger partial charge in [-0.25, -0.2) is 9.79 Å². The summed E-state index contributed by atoms with van der Waals surface area (Å²) in [5.74, 6) is -0.907. The molecule has 2 atom stereocenters. The molecule has 286 valence electrons.